The van der Waals surface area contributed by atoms with Crippen LogP contribution in [0.25, 0.3) is 0 Å². The number of rotatable bonds is 7. The number of aromatic nitrogens is 2. The topological polar surface area (TPSA) is 57.8 Å². The van der Waals surface area contributed by atoms with Crippen LogP contribution in [0.2, 0.25) is 0 Å². The molecule has 0 aliphatic rings. The van der Waals surface area contributed by atoms with E-state index in [0.29, 0.717) is 12.2 Å². The van der Waals surface area contributed by atoms with Crippen molar-refractivity contribution >= 4 is 11.7 Å². The van der Waals surface area contributed by atoms with Crippen molar-refractivity contribution in [1.82, 2.24) is 10.2 Å². The number of aromatic amines is 1. The van der Waals surface area contributed by atoms with Crippen LogP contribution < -0.4 is 5.32 Å². The van der Waals surface area contributed by atoms with Crippen molar-refractivity contribution in [2.45, 2.75) is 39.0 Å². The van der Waals surface area contributed by atoms with Crippen molar-refractivity contribution in [3.63, 3.8) is 0 Å². The maximum atomic E-state index is 11.8. The second kappa shape index (κ2) is 7.48. The predicted molar refractivity (Wildman–Crippen MR) is 80.6 cm³/mol. The summed E-state index contributed by atoms with van der Waals surface area (Å²) in [4.78, 5) is 11.8. The fraction of sp³-hybridized carbons (Fsp3) is 0.375. The quantitative estimate of drug-likeness (QED) is 0.811. The van der Waals surface area contributed by atoms with Crippen molar-refractivity contribution in [2.75, 3.05) is 5.32 Å². The monoisotopic (exact) mass is 271 g/mol. The molecule has 0 radical (unpaired) electrons. The van der Waals surface area contributed by atoms with Gasteiger partial charge in [-0.15, -0.1) is 0 Å². The average molecular weight is 271 g/mol. The summed E-state index contributed by atoms with van der Waals surface area (Å²) < 4.78 is 0. The molecule has 2 N–H and O–H groups in total. The van der Waals surface area contributed by atoms with E-state index in [1.807, 2.05) is 24.3 Å². The Hall–Kier alpha value is -2.10. The maximum absolute atomic E-state index is 11.8. The van der Waals surface area contributed by atoms with Gasteiger partial charge in [-0.2, -0.15) is 5.10 Å². The van der Waals surface area contributed by atoms with Gasteiger partial charge in [-0.1, -0.05) is 43.7 Å². The van der Waals surface area contributed by atoms with Gasteiger partial charge in [0.1, 0.15) is 0 Å². The summed E-state index contributed by atoms with van der Waals surface area (Å²) in [7, 11) is 0. The summed E-state index contributed by atoms with van der Waals surface area (Å²) in [6, 6.07) is 12.1. The number of H-pyrrole nitrogens is 1. The minimum Gasteiger partial charge on any atom is -0.309 e. The Morgan fingerprint density at radius 2 is 2.05 bits per heavy atom. The van der Waals surface area contributed by atoms with Gasteiger partial charge in [0.05, 0.1) is 0 Å². The number of anilines is 1. The van der Waals surface area contributed by atoms with Gasteiger partial charge in [-0.05, 0) is 24.8 Å². The van der Waals surface area contributed by atoms with Crippen molar-refractivity contribution in [1.29, 1.82) is 0 Å². The number of carbonyl (C=O) groups is 1. The van der Waals surface area contributed by atoms with Gasteiger partial charge < -0.3 is 5.32 Å². The Morgan fingerprint density at radius 1 is 1.25 bits per heavy atom. The highest BCUT2D eigenvalue weighted by molar-refractivity contribution is 5.89. The largest absolute Gasteiger partial charge is 0.309 e. The van der Waals surface area contributed by atoms with Crippen LogP contribution >= 0.6 is 0 Å². The molecule has 0 aliphatic heterocycles. The summed E-state index contributed by atoms with van der Waals surface area (Å²) in [6.07, 6.45) is 4.31. The molecule has 1 aromatic heterocycles. The lowest BCUT2D eigenvalue weighted by Gasteiger charge is -2.02. The third kappa shape index (κ3) is 4.53. The van der Waals surface area contributed by atoms with Gasteiger partial charge in [-0.25, -0.2) is 0 Å². The molecule has 0 saturated carbocycles. The Balaban J connectivity index is 1.72. The van der Waals surface area contributed by atoms with Crippen molar-refractivity contribution < 1.29 is 4.79 Å². The summed E-state index contributed by atoms with van der Waals surface area (Å²) in [6.45, 7) is 2.11. The van der Waals surface area contributed by atoms with Crippen LogP contribution in [-0.4, -0.2) is 16.1 Å². The molecule has 0 spiro atoms. The van der Waals surface area contributed by atoms with E-state index in [1.54, 1.807) is 0 Å². The van der Waals surface area contributed by atoms with E-state index in [9.17, 15) is 4.79 Å². The number of aryl methyl sites for hydroxylation is 2. The molecule has 2 aromatic rings. The van der Waals surface area contributed by atoms with E-state index in [-0.39, 0.29) is 5.91 Å². The normalized spacial score (nSPS) is 10.4. The number of amides is 1. The summed E-state index contributed by atoms with van der Waals surface area (Å²) >= 11 is 0. The third-order valence-electron chi connectivity index (χ3n) is 3.13. The van der Waals surface area contributed by atoms with Gasteiger partial charge in [0, 0.05) is 18.2 Å². The molecule has 106 valence electrons. The second-order valence-corrected chi connectivity index (χ2v) is 4.92. The first-order chi connectivity index (χ1) is 9.78. The fourth-order valence-electron chi connectivity index (χ4n) is 2.13. The summed E-state index contributed by atoms with van der Waals surface area (Å²) in [5, 5.41) is 9.84. The molecule has 2 rings (SSSR count). The smallest absolute Gasteiger partial charge is 0.225 e. The van der Waals surface area contributed by atoms with Crippen molar-refractivity contribution in [3.05, 3.63) is 47.7 Å². The maximum Gasteiger partial charge on any atom is 0.225 e. The molecular weight excluding hydrogens is 250 g/mol. The molecule has 0 unspecified atom stereocenters. The van der Waals surface area contributed by atoms with Gasteiger partial charge in [0.15, 0.2) is 5.82 Å². The Morgan fingerprint density at radius 3 is 2.80 bits per heavy atom. The van der Waals surface area contributed by atoms with Crippen LogP contribution in [0, 0.1) is 0 Å². The lowest BCUT2D eigenvalue weighted by atomic mass is 10.1. The molecule has 0 bridgehead atoms. The molecule has 4 nitrogen and oxygen atoms in total. The highest BCUT2D eigenvalue weighted by Gasteiger charge is 2.05. The molecule has 0 fully saturated rings. The first-order valence-electron chi connectivity index (χ1n) is 7.16. The van der Waals surface area contributed by atoms with E-state index < -0.39 is 0 Å². The fourth-order valence-corrected chi connectivity index (χ4v) is 2.13. The predicted octanol–water partition coefficient (Wildman–Crippen LogP) is 3.32. The molecule has 1 amide bonds. The zero-order chi connectivity index (χ0) is 14.2. The molecule has 20 heavy (non-hydrogen) atoms. The first kappa shape index (κ1) is 14.3. The SMILES string of the molecule is CCCc1cc(NC(=O)CCCc2ccccc2)n[nH]1. The molecule has 0 aliphatic carbocycles. The number of hydrogen-bond donors (Lipinski definition) is 2. The summed E-state index contributed by atoms with van der Waals surface area (Å²) in [5.74, 6) is 0.647. The number of carbonyl (C=O) groups excluding carboxylic acids is 1. The van der Waals surface area contributed by atoms with Gasteiger partial charge in [0.2, 0.25) is 5.91 Å². The molecule has 1 aromatic carbocycles. The highest BCUT2D eigenvalue weighted by Crippen LogP contribution is 2.09. The number of nitrogens with one attached hydrogen (secondary N) is 2. The Labute approximate surface area is 119 Å². The number of hydrogen-bond acceptors (Lipinski definition) is 2. The number of nitrogens with zero attached hydrogens (tertiary/aromatic N) is 1. The van der Waals surface area contributed by atoms with Crippen LogP contribution in [0.1, 0.15) is 37.4 Å². The van der Waals surface area contributed by atoms with Crippen LogP contribution in [0.15, 0.2) is 36.4 Å². The Bertz CT molecular complexity index is 534. The molecule has 0 saturated heterocycles. The molecule has 1 heterocycles. The Kier molecular flexibility index (Phi) is 5.35. The minimum absolute atomic E-state index is 0.0236. The van der Waals surface area contributed by atoms with Crippen LogP contribution in [-0.2, 0) is 17.6 Å². The van der Waals surface area contributed by atoms with Crippen molar-refractivity contribution in [3.8, 4) is 0 Å². The summed E-state index contributed by atoms with van der Waals surface area (Å²) in [5.41, 5.74) is 2.33. The minimum atomic E-state index is 0.0236. The van der Waals surface area contributed by atoms with E-state index in [0.717, 1.165) is 31.4 Å². The van der Waals surface area contributed by atoms with Gasteiger partial charge in [-0.3, -0.25) is 9.89 Å². The van der Waals surface area contributed by atoms with E-state index >= 15 is 0 Å². The lowest BCUT2D eigenvalue weighted by Crippen LogP contribution is -2.11. The standard InChI is InChI=1S/C16H21N3O/c1-2-7-14-12-15(19-18-14)17-16(20)11-6-10-13-8-4-3-5-9-13/h3-5,8-9,12H,2,6-7,10-11H2,1H3,(H2,17,18,19,20). The number of benzene rings is 1. The third-order valence-corrected chi connectivity index (χ3v) is 3.13. The molecule has 0 atom stereocenters. The second-order valence-electron chi connectivity index (χ2n) is 4.92. The average Bonchev–Trinajstić information content (AvgIpc) is 2.88. The lowest BCUT2D eigenvalue weighted by molar-refractivity contribution is -0.116. The zero-order valence-electron chi connectivity index (χ0n) is 11.9. The van der Waals surface area contributed by atoms with Gasteiger partial charge >= 0.3 is 0 Å². The van der Waals surface area contributed by atoms with Crippen molar-refractivity contribution in [2.24, 2.45) is 0 Å². The first-order valence-corrected chi connectivity index (χ1v) is 7.16. The molecule has 4 heteroatoms. The zero-order valence-corrected chi connectivity index (χ0v) is 11.9. The van der Waals surface area contributed by atoms with Crippen LogP contribution in [0.3, 0.4) is 0 Å². The molecular formula is C16H21N3O. The highest BCUT2D eigenvalue weighted by atomic mass is 16.1. The van der Waals surface area contributed by atoms with Crippen LogP contribution in [0.5, 0.6) is 0 Å². The van der Waals surface area contributed by atoms with E-state index in [4.69, 9.17) is 0 Å². The van der Waals surface area contributed by atoms with E-state index in [1.165, 1.54) is 5.56 Å². The van der Waals surface area contributed by atoms with Gasteiger partial charge in [0.25, 0.3) is 0 Å². The van der Waals surface area contributed by atoms with E-state index in [2.05, 4.69) is 34.6 Å². The van der Waals surface area contributed by atoms with Crippen LogP contribution in [0.4, 0.5) is 5.82 Å².